The molecule has 0 aliphatic carbocycles. The molecule has 1 unspecified atom stereocenters. The van der Waals surface area contributed by atoms with Gasteiger partial charge in [0.2, 0.25) is 5.89 Å². The lowest BCUT2D eigenvalue weighted by atomic mass is 10.2. The summed E-state index contributed by atoms with van der Waals surface area (Å²) < 4.78 is 14.8. The summed E-state index contributed by atoms with van der Waals surface area (Å²) in [5.41, 5.74) is 1.68. The molecule has 0 amide bonds. The third kappa shape index (κ3) is 3.09. The third-order valence-electron chi connectivity index (χ3n) is 4.18. The molecule has 0 bridgehead atoms. The van der Waals surface area contributed by atoms with Crippen molar-refractivity contribution >= 4 is 27.0 Å². The normalized spacial score (nSPS) is 19.2. The SMILES string of the molecule is CCn1cnnc1C1CN(Cc2nc3ccc(Br)cc3o2)CCO1. The van der Waals surface area contributed by atoms with Crippen LogP contribution in [0, 0.1) is 0 Å². The van der Waals surface area contributed by atoms with Gasteiger partial charge >= 0.3 is 0 Å². The van der Waals surface area contributed by atoms with Crippen molar-refractivity contribution in [2.24, 2.45) is 0 Å². The third-order valence-corrected chi connectivity index (χ3v) is 4.67. The second-order valence-electron chi connectivity index (χ2n) is 5.79. The Labute approximate surface area is 147 Å². The van der Waals surface area contributed by atoms with Gasteiger partial charge in [-0.2, -0.15) is 0 Å². The molecular weight excluding hydrogens is 374 g/mol. The molecule has 1 aromatic carbocycles. The molecule has 1 aliphatic heterocycles. The minimum atomic E-state index is -0.0697. The van der Waals surface area contributed by atoms with Crippen LogP contribution in [-0.2, 0) is 17.8 Å². The summed E-state index contributed by atoms with van der Waals surface area (Å²) in [5.74, 6) is 1.60. The van der Waals surface area contributed by atoms with Crippen molar-refractivity contribution in [1.29, 1.82) is 0 Å². The zero-order chi connectivity index (χ0) is 16.5. The molecular formula is C16H18BrN5O2. The lowest BCUT2D eigenvalue weighted by Crippen LogP contribution is -2.38. The van der Waals surface area contributed by atoms with Gasteiger partial charge in [-0.25, -0.2) is 4.98 Å². The maximum Gasteiger partial charge on any atom is 0.209 e. The van der Waals surface area contributed by atoms with Crippen molar-refractivity contribution in [3.8, 4) is 0 Å². The molecule has 126 valence electrons. The van der Waals surface area contributed by atoms with Crippen LogP contribution in [-0.4, -0.2) is 44.3 Å². The monoisotopic (exact) mass is 391 g/mol. The minimum absolute atomic E-state index is 0.0697. The first-order valence-electron chi connectivity index (χ1n) is 7.99. The fourth-order valence-corrected chi connectivity index (χ4v) is 3.30. The van der Waals surface area contributed by atoms with E-state index in [1.807, 2.05) is 22.8 Å². The van der Waals surface area contributed by atoms with Gasteiger partial charge in [0.05, 0.1) is 13.2 Å². The van der Waals surface area contributed by atoms with Crippen LogP contribution in [0.15, 0.2) is 33.4 Å². The van der Waals surface area contributed by atoms with Crippen molar-refractivity contribution in [1.82, 2.24) is 24.6 Å². The van der Waals surface area contributed by atoms with Crippen molar-refractivity contribution in [2.75, 3.05) is 19.7 Å². The first-order valence-corrected chi connectivity index (χ1v) is 8.79. The quantitative estimate of drug-likeness (QED) is 0.680. The minimum Gasteiger partial charge on any atom is -0.439 e. The van der Waals surface area contributed by atoms with E-state index in [1.165, 1.54) is 0 Å². The molecule has 1 fully saturated rings. The number of rotatable bonds is 4. The number of fused-ring (bicyclic) bond motifs is 1. The number of aromatic nitrogens is 4. The molecule has 0 spiro atoms. The molecule has 0 N–H and O–H groups in total. The highest BCUT2D eigenvalue weighted by molar-refractivity contribution is 9.10. The number of ether oxygens (including phenoxy) is 1. The van der Waals surface area contributed by atoms with Gasteiger partial charge in [-0.05, 0) is 25.1 Å². The van der Waals surface area contributed by atoms with E-state index in [0.717, 1.165) is 46.9 Å². The largest absolute Gasteiger partial charge is 0.439 e. The van der Waals surface area contributed by atoms with Crippen LogP contribution in [0.3, 0.4) is 0 Å². The number of nitrogens with zero attached hydrogens (tertiary/aromatic N) is 5. The van der Waals surface area contributed by atoms with Crippen molar-refractivity contribution < 1.29 is 9.15 Å². The maximum absolute atomic E-state index is 5.89. The van der Waals surface area contributed by atoms with Gasteiger partial charge in [0, 0.05) is 24.1 Å². The van der Waals surface area contributed by atoms with E-state index in [1.54, 1.807) is 6.33 Å². The Bertz CT molecular complexity index is 846. The van der Waals surface area contributed by atoms with Gasteiger partial charge in [-0.15, -0.1) is 10.2 Å². The molecule has 3 heterocycles. The Hall–Kier alpha value is -1.77. The Morgan fingerprint density at radius 1 is 1.38 bits per heavy atom. The second kappa shape index (κ2) is 6.62. The molecule has 3 aromatic rings. The molecule has 1 aliphatic rings. The number of oxazole rings is 1. The van der Waals surface area contributed by atoms with E-state index < -0.39 is 0 Å². The van der Waals surface area contributed by atoms with E-state index in [-0.39, 0.29) is 6.10 Å². The molecule has 0 radical (unpaired) electrons. The predicted molar refractivity (Wildman–Crippen MR) is 91.4 cm³/mol. The van der Waals surface area contributed by atoms with Crippen LogP contribution in [0.5, 0.6) is 0 Å². The number of halogens is 1. The molecule has 8 heteroatoms. The second-order valence-corrected chi connectivity index (χ2v) is 6.71. The molecule has 7 nitrogen and oxygen atoms in total. The lowest BCUT2D eigenvalue weighted by molar-refractivity contribution is -0.0408. The van der Waals surface area contributed by atoms with Crippen molar-refractivity contribution in [3.63, 3.8) is 0 Å². The predicted octanol–water partition coefficient (Wildman–Crippen LogP) is 2.78. The first-order chi connectivity index (χ1) is 11.7. The van der Waals surface area contributed by atoms with Crippen LogP contribution in [0.4, 0.5) is 0 Å². The summed E-state index contributed by atoms with van der Waals surface area (Å²) in [5, 5.41) is 8.21. The fraction of sp³-hybridized carbons (Fsp3) is 0.438. The smallest absolute Gasteiger partial charge is 0.209 e. The van der Waals surface area contributed by atoms with Crippen LogP contribution in [0.25, 0.3) is 11.1 Å². The Morgan fingerprint density at radius 3 is 3.17 bits per heavy atom. The Kier molecular flexibility index (Phi) is 4.34. The maximum atomic E-state index is 5.89. The van der Waals surface area contributed by atoms with E-state index in [4.69, 9.17) is 9.15 Å². The highest BCUT2D eigenvalue weighted by atomic mass is 79.9. The molecule has 2 aromatic heterocycles. The molecule has 4 rings (SSSR count). The average molecular weight is 392 g/mol. The van der Waals surface area contributed by atoms with Gasteiger partial charge in [-0.1, -0.05) is 15.9 Å². The Balaban J connectivity index is 1.49. The average Bonchev–Trinajstić information content (AvgIpc) is 3.20. The molecule has 1 saturated heterocycles. The first kappa shape index (κ1) is 15.7. The zero-order valence-corrected chi connectivity index (χ0v) is 14.9. The van der Waals surface area contributed by atoms with Gasteiger partial charge in [0.25, 0.3) is 0 Å². The van der Waals surface area contributed by atoms with E-state index in [0.29, 0.717) is 13.2 Å². The van der Waals surface area contributed by atoms with Crippen LogP contribution >= 0.6 is 15.9 Å². The summed E-state index contributed by atoms with van der Waals surface area (Å²) in [6, 6.07) is 5.87. The summed E-state index contributed by atoms with van der Waals surface area (Å²) in [7, 11) is 0. The number of aryl methyl sites for hydroxylation is 1. The molecule has 24 heavy (non-hydrogen) atoms. The molecule has 0 saturated carbocycles. The van der Waals surface area contributed by atoms with Crippen LogP contribution < -0.4 is 0 Å². The van der Waals surface area contributed by atoms with Crippen molar-refractivity contribution in [3.05, 3.63) is 40.7 Å². The number of morpholine rings is 1. The van der Waals surface area contributed by atoms with Crippen molar-refractivity contribution in [2.45, 2.75) is 26.1 Å². The van der Waals surface area contributed by atoms with Gasteiger partial charge < -0.3 is 13.7 Å². The standard InChI is InChI=1S/C16H18BrN5O2/c1-2-22-10-18-20-16(22)14-8-21(5-6-23-14)9-15-19-12-4-3-11(17)7-13(12)24-15/h3-4,7,10,14H,2,5-6,8-9H2,1H3. The summed E-state index contributed by atoms with van der Waals surface area (Å²) in [6.45, 7) is 5.83. The van der Waals surface area contributed by atoms with Gasteiger partial charge in [0.1, 0.15) is 17.9 Å². The summed E-state index contributed by atoms with van der Waals surface area (Å²) in [4.78, 5) is 6.85. The highest BCUT2D eigenvalue weighted by Crippen LogP contribution is 2.24. The van der Waals surface area contributed by atoms with Crippen LogP contribution in [0.2, 0.25) is 0 Å². The summed E-state index contributed by atoms with van der Waals surface area (Å²) >= 11 is 3.45. The highest BCUT2D eigenvalue weighted by Gasteiger charge is 2.26. The Morgan fingerprint density at radius 2 is 2.29 bits per heavy atom. The molecule has 1 atom stereocenters. The van der Waals surface area contributed by atoms with E-state index in [2.05, 4.69) is 42.9 Å². The number of hydrogen-bond donors (Lipinski definition) is 0. The van der Waals surface area contributed by atoms with Gasteiger partial charge in [-0.3, -0.25) is 4.90 Å². The number of hydrogen-bond acceptors (Lipinski definition) is 6. The van der Waals surface area contributed by atoms with Crippen LogP contribution in [0.1, 0.15) is 24.7 Å². The number of benzene rings is 1. The van der Waals surface area contributed by atoms with E-state index in [9.17, 15) is 0 Å². The lowest BCUT2D eigenvalue weighted by Gasteiger charge is -2.31. The fourth-order valence-electron chi connectivity index (χ4n) is 2.96. The topological polar surface area (TPSA) is 69.2 Å². The summed E-state index contributed by atoms with van der Waals surface area (Å²) in [6.07, 6.45) is 1.68. The zero-order valence-electron chi connectivity index (χ0n) is 13.4. The van der Waals surface area contributed by atoms with Gasteiger partial charge in [0.15, 0.2) is 11.4 Å². The van der Waals surface area contributed by atoms with E-state index >= 15 is 0 Å².